The lowest BCUT2D eigenvalue weighted by molar-refractivity contribution is -0.115. The van der Waals surface area contributed by atoms with Gasteiger partial charge in [-0.3, -0.25) is 4.79 Å². The number of carbonyl (C=O) groups excluding carboxylic acids is 2. The molecule has 1 heterocycles. The third kappa shape index (κ3) is 6.84. The van der Waals surface area contributed by atoms with E-state index in [0.29, 0.717) is 12.3 Å². The lowest BCUT2D eigenvalue weighted by atomic mass is 10.1. The van der Waals surface area contributed by atoms with E-state index >= 15 is 0 Å². The van der Waals surface area contributed by atoms with Crippen LogP contribution in [0.1, 0.15) is 19.4 Å². The van der Waals surface area contributed by atoms with Crippen molar-refractivity contribution in [1.29, 1.82) is 0 Å². The summed E-state index contributed by atoms with van der Waals surface area (Å²) in [6.45, 7) is 4.34. The molecule has 0 aliphatic carbocycles. The lowest BCUT2D eigenvalue weighted by Crippen LogP contribution is -2.44. The SMILES string of the molecule is CCOc1ccc(NC(=O)CNC(=O)NC(C)Cc2ccsc2)cc1. The van der Waals surface area contributed by atoms with Crippen LogP contribution in [0.4, 0.5) is 10.5 Å². The molecule has 6 nitrogen and oxygen atoms in total. The average molecular weight is 361 g/mol. The molecule has 0 bridgehead atoms. The van der Waals surface area contributed by atoms with Gasteiger partial charge in [-0.1, -0.05) is 0 Å². The summed E-state index contributed by atoms with van der Waals surface area (Å²) < 4.78 is 5.34. The number of nitrogens with one attached hydrogen (secondary N) is 3. The number of hydrogen-bond donors (Lipinski definition) is 3. The maximum atomic E-state index is 11.9. The van der Waals surface area contributed by atoms with Crippen LogP contribution in [0.15, 0.2) is 41.1 Å². The first kappa shape index (κ1) is 18.8. The number of carbonyl (C=O) groups is 2. The molecule has 1 unspecified atom stereocenters. The van der Waals surface area contributed by atoms with Gasteiger partial charge in [0, 0.05) is 11.7 Å². The first-order valence-electron chi connectivity index (χ1n) is 8.15. The Labute approximate surface area is 151 Å². The highest BCUT2D eigenvalue weighted by Crippen LogP contribution is 2.15. The molecule has 7 heteroatoms. The van der Waals surface area contributed by atoms with Gasteiger partial charge >= 0.3 is 6.03 Å². The van der Waals surface area contributed by atoms with E-state index in [1.807, 2.05) is 25.3 Å². The molecule has 3 amide bonds. The second-order valence-electron chi connectivity index (χ2n) is 5.57. The van der Waals surface area contributed by atoms with Crippen molar-refractivity contribution in [1.82, 2.24) is 10.6 Å². The van der Waals surface area contributed by atoms with Gasteiger partial charge in [0.25, 0.3) is 0 Å². The normalized spacial score (nSPS) is 11.4. The zero-order valence-corrected chi connectivity index (χ0v) is 15.2. The van der Waals surface area contributed by atoms with Crippen LogP contribution < -0.4 is 20.7 Å². The predicted octanol–water partition coefficient (Wildman–Crippen LogP) is 3.02. The third-order valence-corrected chi connectivity index (χ3v) is 4.09. The minimum absolute atomic E-state index is 0.0104. The quantitative estimate of drug-likeness (QED) is 0.676. The minimum atomic E-state index is -0.357. The Morgan fingerprint density at radius 1 is 1.20 bits per heavy atom. The first-order valence-corrected chi connectivity index (χ1v) is 9.09. The average Bonchev–Trinajstić information content (AvgIpc) is 3.08. The molecule has 1 aromatic carbocycles. The van der Waals surface area contributed by atoms with Crippen LogP contribution >= 0.6 is 11.3 Å². The Morgan fingerprint density at radius 3 is 2.60 bits per heavy atom. The summed E-state index contributed by atoms with van der Waals surface area (Å²) >= 11 is 1.63. The Bertz CT molecular complexity index is 671. The van der Waals surface area contributed by atoms with E-state index in [4.69, 9.17) is 4.74 Å². The van der Waals surface area contributed by atoms with Gasteiger partial charge < -0.3 is 20.7 Å². The van der Waals surface area contributed by atoms with Crippen molar-refractivity contribution in [2.45, 2.75) is 26.3 Å². The summed E-state index contributed by atoms with van der Waals surface area (Å²) in [7, 11) is 0. The largest absolute Gasteiger partial charge is 0.494 e. The molecule has 0 spiro atoms. The number of thiophene rings is 1. The van der Waals surface area contributed by atoms with Crippen molar-refractivity contribution in [2.75, 3.05) is 18.5 Å². The van der Waals surface area contributed by atoms with Gasteiger partial charge in [0.2, 0.25) is 5.91 Å². The van der Waals surface area contributed by atoms with E-state index in [1.54, 1.807) is 35.6 Å². The molecule has 0 saturated heterocycles. The fraction of sp³-hybridized carbons (Fsp3) is 0.333. The van der Waals surface area contributed by atoms with Crippen molar-refractivity contribution in [2.24, 2.45) is 0 Å². The Morgan fingerprint density at radius 2 is 1.96 bits per heavy atom. The topological polar surface area (TPSA) is 79.5 Å². The summed E-state index contributed by atoms with van der Waals surface area (Å²) in [6, 6.07) is 8.74. The van der Waals surface area contributed by atoms with Gasteiger partial charge in [0.1, 0.15) is 5.75 Å². The van der Waals surface area contributed by atoms with E-state index in [0.717, 1.165) is 12.2 Å². The number of rotatable bonds is 8. The summed E-state index contributed by atoms with van der Waals surface area (Å²) in [6.07, 6.45) is 0.759. The highest BCUT2D eigenvalue weighted by molar-refractivity contribution is 7.07. The minimum Gasteiger partial charge on any atom is -0.494 e. The number of anilines is 1. The van der Waals surface area contributed by atoms with Crippen molar-refractivity contribution >= 4 is 29.0 Å². The zero-order valence-electron chi connectivity index (χ0n) is 14.4. The van der Waals surface area contributed by atoms with Crippen LogP contribution in [0, 0.1) is 0 Å². The number of benzene rings is 1. The van der Waals surface area contributed by atoms with Gasteiger partial charge in [-0.05, 0) is 66.9 Å². The van der Waals surface area contributed by atoms with Crippen molar-refractivity contribution < 1.29 is 14.3 Å². The molecule has 2 aromatic rings. The van der Waals surface area contributed by atoms with Crippen molar-refractivity contribution in [3.8, 4) is 5.75 Å². The summed E-state index contributed by atoms with van der Waals surface area (Å²) in [5.74, 6) is 0.461. The molecule has 3 N–H and O–H groups in total. The predicted molar refractivity (Wildman–Crippen MR) is 100 cm³/mol. The second-order valence-corrected chi connectivity index (χ2v) is 6.35. The van der Waals surface area contributed by atoms with E-state index in [-0.39, 0.29) is 24.5 Å². The first-order chi connectivity index (χ1) is 12.1. The molecule has 0 aliphatic heterocycles. The lowest BCUT2D eigenvalue weighted by Gasteiger charge is -2.14. The molecule has 25 heavy (non-hydrogen) atoms. The number of urea groups is 1. The Hall–Kier alpha value is -2.54. The molecule has 1 aromatic heterocycles. The van der Waals surface area contributed by atoms with Crippen LogP contribution in [0.3, 0.4) is 0 Å². The molecular weight excluding hydrogens is 338 g/mol. The van der Waals surface area contributed by atoms with Crippen LogP contribution in [0.2, 0.25) is 0 Å². The van der Waals surface area contributed by atoms with E-state index in [9.17, 15) is 9.59 Å². The van der Waals surface area contributed by atoms with Gasteiger partial charge in [-0.2, -0.15) is 11.3 Å². The smallest absolute Gasteiger partial charge is 0.315 e. The highest BCUT2D eigenvalue weighted by Gasteiger charge is 2.10. The molecule has 0 fully saturated rings. The van der Waals surface area contributed by atoms with Gasteiger partial charge in [0.05, 0.1) is 13.2 Å². The Kier molecular flexibility index (Phi) is 7.28. The van der Waals surface area contributed by atoms with Crippen molar-refractivity contribution in [3.05, 3.63) is 46.7 Å². The van der Waals surface area contributed by atoms with E-state index in [1.165, 1.54) is 5.56 Å². The van der Waals surface area contributed by atoms with Gasteiger partial charge in [0.15, 0.2) is 0 Å². The monoisotopic (exact) mass is 361 g/mol. The highest BCUT2D eigenvalue weighted by atomic mass is 32.1. The van der Waals surface area contributed by atoms with Gasteiger partial charge in [-0.25, -0.2) is 4.79 Å². The molecule has 2 rings (SSSR count). The van der Waals surface area contributed by atoms with Crippen LogP contribution in [0.5, 0.6) is 5.75 Å². The maximum Gasteiger partial charge on any atom is 0.315 e. The van der Waals surface area contributed by atoms with Crippen LogP contribution in [-0.4, -0.2) is 31.1 Å². The molecule has 134 valence electrons. The Balaban J connectivity index is 1.69. The molecule has 0 radical (unpaired) electrons. The summed E-state index contributed by atoms with van der Waals surface area (Å²) in [5, 5.41) is 12.2. The standard InChI is InChI=1S/C18H23N3O3S/c1-3-24-16-6-4-15(5-7-16)21-17(22)11-19-18(23)20-13(2)10-14-8-9-25-12-14/h4-9,12-13H,3,10-11H2,1-2H3,(H,21,22)(H2,19,20,23). The maximum absolute atomic E-state index is 11.9. The molecule has 0 saturated carbocycles. The third-order valence-electron chi connectivity index (χ3n) is 3.36. The number of amides is 3. The summed E-state index contributed by atoms with van der Waals surface area (Å²) in [4.78, 5) is 23.7. The second kappa shape index (κ2) is 9.68. The molecule has 0 aliphatic rings. The van der Waals surface area contributed by atoms with Crippen molar-refractivity contribution in [3.63, 3.8) is 0 Å². The van der Waals surface area contributed by atoms with E-state index < -0.39 is 0 Å². The fourth-order valence-electron chi connectivity index (χ4n) is 2.26. The zero-order chi connectivity index (χ0) is 18.1. The van der Waals surface area contributed by atoms with Crippen LogP contribution in [-0.2, 0) is 11.2 Å². The summed E-state index contributed by atoms with van der Waals surface area (Å²) in [5.41, 5.74) is 1.84. The van der Waals surface area contributed by atoms with E-state index in [2.05, 4.69) is 21.3 Å². The molecule has 1 atom stereocenters. The fourth-order valence-corrected chi connectivity index (χ4v) is 2.94. The van der Waals surface area contributed by atoms with Gasteiger partial charge in [-0.15, -0.1) is 0 Å². The number of ether oxygens (including phenoxy) is 1. The van der Waals surface area contributed by atoms with Crippen LogP contribution in [0.25, 0.3) is 0 Å². The molecular formula is C18H23N3O3S. The number of hydrogen-bond acceptors (Lipinski definition) is 4.